The van der Waals surface area contributed by atoms with Crippen LogP contribution in [0.25, 0.3) is 0 Å². The molecule has 0 saturated carbocycles. The van der Waals surface area contributed by atoms with Crippen molar-refractivity contribution in [1.29, 1.82) is 0 Å². The van der Waals surface area contributed by atoms with Crippen LogP contribution in [0.15, 0.2) is 47.5 Å². The van der Waals surface area contributed by atoms with Crippen LogP contribution in [0.2, 0.25) is 0 Å². The third-order valence-electron chi connectivity index (χ3n) is 4.89. The Morgan fingerprint density at radius 3 is 2.32 bits per heavy atom. The highest BCUT2D eigenvalue weighted by Gasteiger charge is 2.32. The molecule has 0 aliphatic carbocycles. The molecule has 2 atom stereocenters. The maximum Gasteiger partial charge on any atom is 0.231 e. The number of nitrogens with zero attached hydrogens (tertiary/aromatic N) is 2. The van der Waals surface area contributed by atoms with E-state index >= 15 is 0 Å². The molecule has 2 aromatic carbocycles. The van der Waals surface area contributed by atoms with E-state index in [4.69, 9.17) is 24.7 Å². The van der Waals surface area contributed by atoms with Gasteiger partial charge in [-0.05, 0) is 12.5 Å². The average molecular weight is 441 g/mol. The molecule has 0 fully saturated rings. The van der Waals surface area contributed by atoms with Gasteiger partial charge in [0.2, 0.25) is 11.6 Å². The molecule has 2 heterocycles. The molecule has 1 aliphatic heterocycles. The van der Waals surface area contributed by atoms with Gasteiger partial charge in [0, 0.05) is 17.8 Å². The molecule has 1 aliphatic rings. The van der Waals surface area contributed by atoms with Gasteiger partial charge in [0.25, 0.3) is 0 Å². The molecule has 1 unspecified atom stereocenters. The van der Waals surface area contributed by atoms with Crippen LogP contribution < -0.4 is 25.3 Å². The van der Waals surface area contributed by atoms with E-state index in [-0.39, 0.29) is 12.1 Å². The third-order valence-corrected chi connectivity index (χ3v) is 5.86. The molecule has 0 saturated heterocycles. The first-order valence-electron chi connectivity index (χ1n) is 9.67. The summed E-state index contributed by atoms with van der Waals surface area (Å²) in [5, 5.41) is 3.85. The Balaban J connectivity index is 1.57. The first-order valence-corrected chi connectivity index (χ1v) is 10.5. The Bertz CT molecular complexity index is 1080. The maximum absolute atomic E-state index is 6.19. The van der Waals surface area contributed by atoms with E-state index in [9.17, 15) is 0 Å². The van der Waals surface area contributed by atoms with E-state index in [1.54, 1.807) is 33.5 Å². The number of thiazole rings is 1. The van der Waals surface area contributed by atoms with Crippen LogP contribution in [0.3, 0.4) is 0 Å². The summed E-state index contributed by atoms with van der Waals surface area (Å²) in [4.78, 5) is 9.81. The van der Waals surface area contributed by atoms with Crippen molar-refractivity contribution in [2.75, 3.05) is 32.4 Å². The molecule has 3 aromatic rings. The molecule has 8 nitrogen and oxygen atoms in total. The first kappa shape index (κ1) is 20.8. The van der Waals surface area contributed by atoms with Crippen molar-refractivity contribution in [3.8, 4) is 17.2 Å². The van der Waals surface area contributed by atoms with E-state index in [1.807, 2.05) is 37.3 Å². The highest BCUT2D eigenvalue weighted by Crippen LogP contribution is 2.41. The second-order valence-electron chi connectivity index (χ2n) is 6.90. The molecule has 31 heavy (non-hydrogen) atoms. The topological polar surface area (TPSA) is 100 Å². The summed E-state index contributed by atoms with van der Waals surface area (Å²) < 4.78 is 22.3. The molecule has 162 valence electrons. The summed E-state index contributed by atoms with van der Waals surface area (Å²) in [5.41, 5.74) is 7.99. The minimum Gasteiger partial charge on any atom is -0.493 e. The number of anilines is 3. The van der Waals surface area contributed by atoms with Crippen LogP contribution in [-0.4, -0.2) is 38.3 Å². The SMILES string of the molecule is COc1cc(Nc2nc(N)c(C3=N[C@@H](C)C(c4ccccc4)O3)s2)cc(OC)c1OC. The van der Waals surface area contributed by atoms with Crippen molar-refractivity contribution in [3.63, 3.8) is 0 Å². The Labute approximate surface area is 184 Å². The fourth-order valence-corrected chi connectivity index (χ4v) is 4.26. The van der Waals surface area contributed by atoms with Crippen LogP contribution in [0.4, 0.5) is 16.6 Å². The lowest BCUT2D eigenvalue weighted by Gasteiger charge is -2.14. The third kappa shape index (κ3) is 4.09. The van der Waals surface area contributed by atoms with Gasteiger partial charge in [-0.2, -0.15) is 0 Å². The lowest BCUT2D eigenvalue weighted by Crippen LogP contribution is -2.11. The molecule has 1 aromatic heterocycles. The van der Waals surface area contributed by atoms with Gasteiger partial charge in [-0.25, -0.2) is 9.98 Å². The van der Waals surface area contributed by atoms with Crippen molar-refractivity contribution in [2.45, 2.75) is 19.1 Å². The number of nitrogen functional groups attached to an aromatic ring is 1. The number of ether oxygens (including phenoxy) is 4. The smallest absolute Gasteiger partial charge is 0.231 e. The lowest BCUT2D eigenvalue weighted by molar-refractivity contribution is 0.203. The van der Waals surface area contributed by atoms with Gasteiger partial charge in [-0.15, -0.1) is 0 Å². The van der Waals surface area contributed by atoms with Crippen molar-refractivity contribution in [3.05, 3.63) is 52.9 Å². The first-order chi connectivity index (χ1) is 15.0. The average Bonchev–Trinajstić information content (AvgIpc) is 3.35. The number of hydrogen-bond acceptors (Lipinski definition) is 9. The normalized spacial score (nSPS) is 17.6. The molecular weight excluding hydrogens is 416 g/mol. The van der Waals surface area contributed by atoms with Gasteiger partial charge < -0.3 is 30.0 Å². The zero-order chi connectivity index (χ0) is 22.0. The van der Waals surface area contributed by atoms with Crippen molar-refractivity contribution in [1.82, 2.24) is 4.98 Å². The van der Waals surface area contributed by atoms with Gasteiger partial charge in [-0.1, -0.05) is 41.7 Å². The van der Waals surface area contributed by atoms with Gasteiger partial charge >= 0.3 is 0 Å². The summed E-state index contributed by atoms with van der Waals surface area (Å²) in [6.45, 7) is 2.02. The fourth-order valence-electron chi connectivity index (χ4n) is 3.42. The van der Waals surface area contributed by atoms with Crippen molar-refractivity contribution in [2.24, 2.45) is 4.99 Å². The van der Waals surface area contributed by atoms with Crippen LogP contribution in [0, 0.1) is 0 Å². The predicted molar refractivity (Wildman–Crippen MR) is 122 cm³/mol. The van der Waals surface area contributed by atoms with Crippen LogP contribution in [0.1, 0.15) is 23.5 Å². The quantitative estimate of drug-likeness (QED) is 0.561. The van der Waals surface area contributed by atoms with Gasteiger partial charge in [0.05, 0.1) is 27.4 Å². The van der Waals surface area contributed by atoms with Crippen molar-refractivity contribution < 1.29 is 18.9 Å². The second kappa shape index (κ2) is 8.73. The minimum atomic E-state index is -0.149. The number of aromatic nitrogens is 1. The highest BCUT2D eigenvalue weighted by molar-refractivity contribution is 7.18. The van der Waals surface area contributed by atoms with Crippen molar-refractivity contribution >= 4 is 33.9 Å². The number of aliphatic imine (C=N–C) groups is 1. The number of methoxy groups -OCH3 is 3. The van der Waals surface area contributed by atoms with Crippen LogP contribution >= 0.6 is 11.3 Å². The number of nitrogens with two attached hydrogens (primary N) is 1. The highest BCUT2D eigenvalue weighted by atomic mass is 32.1. The lowest BCUT2D eigenvalue weighted by atomic mass is 10.0. The number of benzene rings is 2. The summed E-state index contributed by atoms with van der Waals surface area (Å²) in [7, 11) is 4.70. The molecule has 4 rings (SSSR count). The van der Waals surface area contributed by atoms with Gasteiger partial charge in [0.1, 0.15) is 16.8 Å². The molecule has 0 radical (unpaired) electrons. The Hall–Kier alpha value is -3.46. The Kier molecular flexibility index (Phi) is 5.85. The number of rotatable bonds is 7. The zero-order valence-electron chi connectivity index (χ0n) is 17.7. The summed E-state index contributed by atoms with van der Waals surface area (Å²) in [5.74, 6) is 2.47. The molecule has 9 heteroatoms. The number of nitrogens with one attached hydrogen (secondary N) is 1. The maximum atomic E-state index is 6.19. The molecular formula is C22H24N4O4S. The minimum absolute atomic E-state index is 0.0228. The Morgan fingerprint density at radius 1 is 1.03 bits per heavy atom. The van der Waals surface area contributed by atoms with E-state index < -0.39 is 0 Å². The van der Waals surface area contributed by atoms with Crippen LogP contribution in [-0.2, 0) is 4.74 Å². The zero-order valence-corrected chi connectivity index (χ0v) is 18.5. The van der Waals surface area contributed by atoms with E-state index in [2.05, 4.69) is 15.3 Å². The molecule has 3 N–H and O–H groups in total. The monoisotopic (exact) mass is 440 g/mol. The standard InChI is InChI=1S/C22H24N4O4S/c1-12-17(13-8-6-5-7-9-13)30-21(24-12)19-20(23)26-22(31-19)25-14-10-15(27-2)18(29-4)16(11-14)28-3/h5-12,17H,23H2,1-4H3,(H,25,26)/t12-,17?/m0/s1. The Morgan fingerprint density at radius 2 is 1.71 bits per heavy atom. The predicted octanol–water partition coefficient (Wildman–Crippen LogP) is 4.40. The van der Waals surface area contributed by atoms with E-state index in [0.29, 0.717) is 39.0 Å². The van der Waals surface area contributed by atoms with Gasteiger partial charge in [-0.3, -0.25) is 0 Å². The molecule has 0 spiro atoms. The summed E-state index contributed by atoms with van der Waals surface area (Å²) in [6.07, 6.45) is -0.149. The number of hydrogen-bond donors (Lipinski definition) is 2. The second-order valence-corrected chi connectivity index (χ2v) is 7.90. The fraction of sp³-hybridized carbons (Fsp3) is 0.273. The summed E-state index contributed by atoms with van der Waals surface area (Å²) in [6, 6.07) is 13.6. The summed E-state index contributed by atoms with van der Waals surface area (Å²) >= 11 is 1.37. The van der Waals surface area contributed by atoms with E-state index in [0.717, 1.165) is 11.3 Å². The van der Waals surface area contributed by atoms with E-state index in [1.165, 1.54) is 11.3 Å². The molecule has 0 amide bonds. The largest absolute Gasteiger partial charge is 0.493 e. The van der Waals surface area contributed by atoms with Crippen LogP contribution in [0.5, 0.6) is 17.2 Å². The molecule has 0 bridgehead atoms. The van der Waals surface area contributed by atoms with Gasteiger partial charge in [0.15, 0.2) is 16.6 Å².